The fourth-order valence-corrected chi connectivity index (χ4v) is 2.21. The molecule has 0 aromatic heterocycles. The van der Waals surface area contributed by atoms with Crippen LogP contribution in [0.25, 0.3) is 0 Å². The highest BCUT2D eigenvalue weighted by atomic mass is 16.4. The molecule has 0 unspecified atom stereocenters. The predicted octanol–water partition coefficient (Wildman–Crippen LogP) is 4.51. The number of unbranched alkanes of at least 4 members (excludes halogenated alkanes) is 5. The van der Waals surface area contributed by atoms with Crippen molar-refractivity contribution in [2.45, 2.75) is 58.8 Å². The molecule has 0 heterocycles. The van der Waals surface area contributed by atoms with Gasteiger partial charge in [0, 0.05) is 5.69 Å². The second-order valence-corrected chi connectivity index (χ2v) is 5.39. The lowest BCUT2D eigenvalue weighted by Gasteiger charge is -2.07. The smallest absolute Gasteiger partial charge is 0.273 e. The summed E-state index contributed by atoms with van der Waals surface area (Å²) in [6, 6.07) is 7.56. The molecule has 0 aliphatic carbocycles. The third-order valence-corrected chi connectivity index (χ3v) is 3.43. The van der Waals surface area contributed by atoms with Gasteiger partial charge in [0.2, 0.25) is 0 Å². The fourth-order valence-electron chi connectivity index (χ4n) is 2.21. The molecule has 0 aliphatic rings. The second-order valence-electron chi connectivity index (χ2n) is 5.39. The van der Waals surface area contributed by atoms with Crippen LogP contribution >= 0.6 is 0 Å². The van der Waals surface area contributed by atoms with E-state index in [4.69, 9.17) is 5.21 Å². The molecule has 1 rings (SSSR count). The van der Waals surface area contributed by atoms with Gasteiger partial charge in [0.25, 0.3) is 5.91 Å². The Morgan fingerprint density at radius 2 is 1.90 bits per heavy atom. The minimum atomic E-state index is -0.323. The van der Waals surface area contributed by atoms with Gasteiger partial charge in [-0.25, -0.2) is 0 Å². The maximum atomic E-state index is 12.0. The van der Waals surface area contributed by atoms with Gasteiger partial charge in [-0.05, 0) is 37.5 Å². The highest BCUT2D eigenvalue weighted by Crippen LogP contribution is 2.11. The minimum absolute atomic E-state index is 0.201. The molecule has 1 aromatic carbocycles. The first kappa shape index (κ1) is 17.2. The van der Waals surface area contributed by atoms with Crippen molar-refractivity contribution in [2.75, 3.05) is 5.32 Å². The fraction of sp³-hybridized carbons (Fsp3) is 0.529. The molecule has 0 fully saturated rings. The molecule has 21 heavy (non-hydrogen) atoms. The molecule has 0 saturated heterocycles. The van der Waals surface area contributed by atoms with Crippen molar-refractivity contribution in [3.05, 3.63) is 29.8 Å². The molecule has 1 amide bonds. The number of oxime groups is 1. The van der Waals surface area contributed by atoms with Gasteiger partial charge in [-0.15, -0.1) is 0 Å². The van der Waals surface area contributed by atoms with E-state index < -0.39 is 0 Å². The number of carbonyl (C=O) groups excluding carboxylic acids is 1. The zero-order valence-electron chi connectivity index (χ0n) is 13.1. The Kier molecular flexibility index (Phi) is 8.17. The van der Waals surface area contributed by atoms with Gasteiger partial charge < -0.3 is 10.5 Å². The van der Waals surface area contributed by atoms with Gasteiger partial charge in [0.15, 0.2) is 0 Å². The first-order chi connectivity index (χ1) is 10.2. The monoisotopic (exact) mass is 290 g/mol. The van der Waals surface area contributed by atoms with E-state index in [9.17, 15) is 4.79 Å². The van der Waals surface area contributed by atoms with Crippen molar-refractivity contribution in [1.82, 2.24) is 0 Å². The molecule has 0 atom stereocenters. The van der Waals surface area contributed by atoms with Gasteiger partial charge in [0.1, 0.15) is 5.71 Å². The van der Waals surface area contributed by atoms with E-state index in [1.54, 1.807) is 0 Å². The Morgan fingerprint density at radius 3 is 2.57 bits per heavy atom. The lowest BCUT2D eigenvalue weighted by molar-refractivity contribution is -0.110. The average Bonchev–Trinajstić information content (AvgIpc) is 2.46. The summed E-state index contributed by atoms with van der Waals surface area (Å²) in [7, 11) is 0. The van der Waals surface area contributed by atoms with E-state index in [1.807, 2.05) is 31.2 Å². The van der Waals surface area contributed by atoms with E-state index in [2.05, 4.69) is 17.4 Å². The molecular formula is C17H26N2O2. The molecule has 116 valence electrons. The number of hydrogen-bond acceptors (Lipinski definition) is 3. The maximum Gasteiger partial charge on any atom is 0.273 e. The minimum Gasteiger partial charge on any atom is -0.410 e. The summed E-state index contributed by atoms with van der Waals surface area (Å²) in [6.45, 7) is 4.15. The third kappa shape index (κ3) is 6.93. The van der Waals surface area contributed by atoms with E-state index in [1.165, 1.54) is 25.7 Å². The number of aryl methyl sites for hydroxylation is 1. The van der Waals surface area contributed by atoms with Crippen LogP contribution in [0.2, 0.25) is 0 Å². The van der Waals surface area contributed by atoms with Gasteiger partial charge in [-0.2, -0.15) is 0 Å². The van der Waals surface area contributed by atoms with Crippen LogP contribution < -0.4 is 5.32 Å². The van der Waals surface area contributed by atoms with E-state index >= 15 is 0 Å². The summed E-state index contributed by atoms with van der Waals surface area (Å²) in [4.78, 5) is 12.0. The number of hydrogen-bond donors (Lipinski definition) is 2. The zero-order valence-corrected chi connectivity index (χ0v) is 13.1. The van der Waals surface area contributed by atoms with Crippen molar-refractivity contribution in [3.63, 3.8) is 0 Å². The molecule has 0 aliphatic heterocycles. The van der Waals surface area contributed by atoms with Gasteiger partial charge in [0.05, 0.1) is 0 Å². The molecule has 4 heteroatoms. The third-order valence-electron chi connectivity index (χ3n) is 3.43. The van der Waals surface area contributed by atoms with Crippen molar-refractivity contribution in [1.29, 1.82) is 0 Å². The Morgan fingerprint density at radius 1 is 1.19 bits per heavy atom. The molecule has 0 spiro atoms. The Balaban J connectivity index is 2.36. The largest absolute Gasteiger partial charge is 0.410 e. The quantitative estimate of drug-likeness (QED) is 0.304. The van der Waals surface area contributed by atoms with Crippen molar-refractivity contribution in [3.8, 4) is 0 Å². The van der Waals surface area contributed by atoms with Crippen LogP contribution in [-0.2, 0) is 4.79 Å². The molecule has 2 N–H and O–H groups in total. The van der Waals surface area contributed by atoms with Crippen LogP contribution in [0.15, 0.2) is 29.4 Å². The number of nitrogens with one attached hydrogen (secondary N) is 1. The summed E-state index contributed by atoms with van der Waals surface area (Å²) in [5.74, 6) is -0.323. The summed E-state index contributed by atoms with van der Waals surface area (Å²) >= 11 is 0. The second kappa shape index (κ2) is 9.97. The standard InChI is InChI=1S/C17H26N2O2/c1-3-4-5-6-7-8-12-16(19-21)17(20)18-15-11-9-10-14(2)13-15/h9-11,13,21H,3-8,12H2,1-2H3,(H,18,20). The number of amides is 1. The van der Waals surface area contributed by atoms with Crippen LogP contribution in [0.4, 0.5) is 5.69 Å². The average molecular weight is 290 g/mol. The van der Waals surface area contributed by atoms with Crippen molar-refractivity contribution >= 4 is 17.3 Å². The van der Waals surface area contributed by atoms with E-state index in [0.717, 1.165) is 24.1 Å². The molecular weight excluding hydrogens is 264 g/mol. The lowest BCUT2D eigenvalue weighted by atomic mass is 10.1. The molecule has 0 radical (unpaired) electrons. The van der Waals surface area contributed by atoms with E-state index in [0.29, 0.717) is 6.42 Å². The Hall–Kier alpha value is -1.84. The molecule has 0 saturated carbocycles. The molecule has 0 bridgehead atoms. The van der Waals surface area contributed by atoms with Crippen LogP contribution in [0, 0.1) is 6.92 Å². The van der Waals surface area contributed by atoms with Crippen molar-refractivity contribution in [2.24, 2.45) is 5.16 Å². The Bertz CT molecular complexity index is 470. The predicted molar refractivity (Wildman–Crippen MR) is 87.0 cm³/mol. The summed E-state index contributed by atoms with van der Waals surface area (Å²) in [5.41, 5.74) is 2.00. The molecule has 1 aromatic rings. The van der Waals surface area contributed by atoms with Crippen LogP contribution in [0.1, 0.15) is 57.4 Å². The van der Waals surface area contributed by atoms with Gasteiger partial charge in [-0.3, -0.25) is 4.79 Å². The number of nitrogens with zero attached hydrogens (tertiary/aromatic N) is 1. The SMILES string of the molecule is CCCCCCCCC(=NO)C(=O)Nc1cccc(C)c1. The van der Waals surface area contributed by atoms with Gasteiger partial charge >= 0.3 is 0 Å². The summed E-state index contributed by atoms with van der Waals surface area (Å²) < 4.78 is 0. The summed E-state index contributed by atoms with van der Waals surface area (Å²) in [5, 5.41) is 14.9. The maximum absolute atomic E-state index is 12.0. The highest BCUT2D eigenvalue weighted by Gasteiger charge is 2.12. The number of carbonyl (C=O) groups is 1. The van der Waals surface area contributed by atoms with E-state index in [-0.39, 0.29) is 11.6 Å². The first-order valence-corrected chi connectivity index (χ1v) is 7.76. The highest BCUT2D eigenvalue weighted by molar-refractivity contribution is 6.42. The van der Waals surface area contributed by atoms with Crippen LogP contribution in [-0.4, -0.2) is 16.8 Å². The number of rotatable bonds is 9. The lowest BCUT2D eigenvalue weighted by Crippen LogP contribution is -2.23. The normalized spacial score (nSPS) is 11.4. The topological polar surface area (TPSA) is 61.7 Å². The molecule has 4 nitrogen and oxygen atoms in total. The summed E-state index contributed by atoms with van der Waals surface area (Å²) in [6.07, 6.45) is 7.35. The van der Waals surface area contributed by atoms with Crippen LogP contribution in [0.5, 0.6) is 0 Å². The van der Waals surface area contributed by atoms with Crippen molar-refractivity contribution < 1.29 is 10.0 Å². The number of benzene rings is 1. The number of anilines is 1. The first-order valence-electron chi connectivity index (χ1n) is 7.76. The van der Waals surface area contributed by atoms with Crippen LogP contribution in [0.3, 0.4) is 0 Å². The zero-order chi connectivity index (χ0) is 15.5. The Labute approximate surface area is 127 Å². The van der Waals surface area contributed by atoms with Gasteiger partial charge in [-0.1, -0.05) is 56.3 Å².